The molecule has 0 amide bonds. The molecule has 3 aliphatic heterocycles. The summed E-state index contributed by atoms with van der Waals surface area (Å²) in [5, 5.41) is 6.32. The van der Waals surface area contributed by atoms with Crippen LogP contribution in [0, 0.1) is 5.82 Å². The first-order chi connectivity index (χ1) is 16.6. The van der Waals surface area contributed by atoms with Crippen molar-refractivity contribution in [2.45, 2.75) is 31.0 Å². The molecule has 2 aromatic heterocycles. The second-order valence-electron chi connectivity index (χ2n) is 9.06. The lowest BCUT2D eigenvalue weighted by Gasteiger charge is -2.40. The van der Waals surface area contributed by atoms with E-state index >= 15 is 4.39 Å². The molecule has 0 spiro atoms. The molecule has 2 fully saturated rings. The van der Waals surface area contributed by atoms with Gasteiger partial charge in [-0.3, -0.25) is 0 Å². The number of anilines is 1. The highest BCUT2D eigenvalue weighted by atomic mass is 35.5. The molecular formula is C25H21ClFN5O2. The molecule has 0 aliphatic carbocycles. The van der Waals surface area contributed by atoms with Crippen LogP contribution in [0.2, 0.25) is 5.02 Å². The van der Waals surface area contributed by atoms with Crippen molar-refractivity contribution in [3.05, 3.63) is 47.2 Å². The van der Waals surface area contributed by atoms with Crippen molar-refractivity contribution in [3.63, 3.8) is 0 Å². The Morgan fingerprint density at radius 2 is 1.97 bits per heavy atom. The van der Waals surface area contributed by atoms with Crippen LogP contribution in [0.25, 0.3) is 32.9 Å². The van der Waals surface area contributed by atoms with Gasteiger partial charge in [-0.15, -0.1) is 0 Å². The monoisotopic (exact) mass is 477 g/mol. The Morgan fingerprint density at radius 1 is 1.12 bits per heavy atom. The summed E-state index contributed by atoms with van der Waals surface area (Å²) in [6.45, 7) is 1.19. The summed E-state index contributed by atoms with van der Waals surface area (Å²) in [4.78, 5) is 16.0. The van der Waals surface area contributed by atoms with E-state index in [-0.39, 0.29) is 29.3 Å². The van der Waals surface area contributed by atoms with Crippen LogP contribution in [0.15, 0.2) is 36.4 Å². The van der Waals surface area contributed by atoms with Gasteiger partial charge in [0, 0.05) is 34.6 Å². The Morgan fingerprint density at radius 3 is 2.82 bits per heavy atom. The van der Waals surface area contributed by atoms with Gasteiger partial charge in [-0.05, 0) is 24.3 Å². The zero-order chi connectivity index (χ0) is 23.0. The van der Waals surface area contributed by atoms with Crippen LogP contribution in [0.5, 0.6) is 11.9 Å². The predicted octanol–water partition coefficient (Wildman–Crippen LogP) is 4.35. The minimum atomic E-state index is -0.548. The molecule has 3 unspecified atom stereocenters. The van der Waals surface area contributed by atoms with Crippen LogP contribution in [-0.2, 0) is 0 Å². The summed E-state index contributed by atoms with van der Waals surface area (Å²) in [6, 6.07) is 12.1. The molecule has 2 aromatic carbocycles. The molecule has 2 bridgehead atoms. The number of pyridine rings is 1. The highest BCUT2D eigenvalue weighted by Crippen LogP contribution is 2.44. The van der Waals surface area contributed by atoms with E-state index in [1.165, 1.54) is 7.11 Å². The lowest BCUT2D eigenvalue weighted by atomic mass is 10.0. The summed E-state index contributed by atoms with van der Waals surface area (Å²) >= 11 is 6.54. The fourth-order valence-electron chi connectivity index (χ4n) is 5.68. The van der Waals surface area contributed by atoms with Gasteiger partial charge in [0.15, 0.2) is 5.82 Å². The van der Waals surface area contributed by atoms with E-state index in [1.54, 1.807) is 6.07 Å². The van der Waals surface area contributed by atoms with E-state index in [1.807, 2.05) is 30.3 Å². The van der Waals surface area contributed by atoms with Crippen LogP contribution >= 0.6 is 11.6 Å². The van der Waals surface area contributed by atoms with E-state index in [2.05, 4.69) is 20.2 Å². The average molecular weight is 478 g/mol. The number of methoxy groups -OCH3 is 1. The Labute approximate surface area is 199 Å². The van der Waals surface area contributed by atoms with E-state index in [0.717, 1.165) is 30.2 Å². The summed E-state index contributed by atoms with van der Waals surface area (Å²) in [7, 11) is 1.49. The second kappa shape index (κ2) is 7.38. The number of nitrogens with one attached hydrogen (secondary N) is 1. The quantitative estimate of drug-likeness (QED) is 0.460. The van der Waals surface area contributed by atoms with Gasteiger partial charge in [0.25, 0.3) is 0 Å². The number of nitrogens with zero attached hydrogens (tertiary/aromatic N) is 4. The zero-order valence-corrected chi connectivity index (χ0v) is 19.1. The summed E-state index contributed by atoms with van der Waals surface area (Å²) in [6.07, 6.45) is 2.17. The fourth-order valence-corrected chi connectivity index (χ4v) is 5.96. The largest absolute Gasteiger partial charge is 0.475 e. The Kier molecular flexibility index (Phi) is 4.38. The Balaban J connectivity index is 1.52. The number of benzene rings is 2. The summed E-state index contributed by atoms with van der Waals surface area (Å²) < 4.78 is 27.9. The molecule has 4 aromatic rings. The molecule has 5 heterocycles. The molecule has 1 N–H and O–H groups in total. The van der Waals surface area contributed by atoms with Crippen LogP contribution in [-0.4, -0.2) is 53.3 Å². The number of ether oxygens (including phenoxy) is 2. The Hall–Kier alpha value is -3.23. The maximum absolute atomic E-state index is 16.2. The zero-order valence-electron chi connectivity index (χ0n) is 18.4. The van der Waals surface area contributed by atoms with Crippen molar-refractivity contribution < 1.29 is 13.9 Å². The van der Waals surface area contributed by atoms with Gasteiger partial charge in [0.2, 0.25) is 5.88 Å². The fraction of sp³-hybridized carbons (Fsp3) is 0.320. The van der Waals surface area contributed by atoms with Crippen LogP contribution in [0.1, 0.15) is 12.8 Å². The molecule has 0 radical (unpaired) electrons. The molecule has 3 aliphatic rings. The number of halogens is 2. The molecule has 7 rings (SSSR count). The van der Waals surface area contributed by atoms with Gasteiger partial charge in [0.05, 0.1) is 13.2 Å². The third-order valence-corrected chi connectivity index (χ3v) is 7.54. The second-order valence-corrected chi connectivity index (χ2v) is 9.47. The summed E-state index contributed by atoms with van der Waals surface area (Å²) in [5.74, 6) is 0.401. The summed E-state index contributed by atoms with van der Waals surface area (Å²) in [5.41, 5.74) is 0.869. The van der Waals surface area contributed by atoms with E-state index in [4.69, 9.17) is 26.1 Å². The highest BCUT2D eigenvalue weighted by molar-refractivity contribution is 6.36. The van der Waals surface area contributed by atoms with Gasteiger partial charge in [-0.25, -0.2) is 9.37 Å². The van der Waals surface area contributed by atoms with Crippen molar-refractivity contribution in [2.75, 3.05) is 25.2 Å². The van der Waals surface area contributed by atoms with Crippen molar-refractivity contribution >= 4 is 39.1 Å². The smallest absolute Gasteiger partial charge is 0.318 e. The van der Waals surface area contributed by atoms with Crippen molar-refractivity contribution in [2.24, 2.45) is 0 Å². The van der Waals surface area contributed by atoms with Crippen molar-refractivity contribution in [3.8, 4) is 23.1 Å². The van der Waals surface area contributed by atoms with E-state index in [9.17, 15) is 0 Å². The highest BCUT2D eigenvalue weighted by Gasteiger charge is 2.44. The van der Waals surface area contributed by atoms with Gasteiger partial charge >= 0.3 is 6.01 Å². The van der Waals surface area contributed by atoms with E-state index in [0.29, 0.717) is 40.3 Å². The van der Waals surface area contributed by atoms with Gasteiger partial charge < -0.3 is 19.7 Å². The lowest BCUT2D eigenvalue weighted by Crippen LogP contribution is -2.60. The molecule has 34 heavy (non-hydrogen) atoms. The first-order valence-corrected chi connectivity index (χ1v) is 11.8. The number of hydrogen-bond donors (Lipinski definition) is 1. The molecule has 3 atom stereocenters. The topological polar surface area (TPSA) is 72.4 Å². The average Bonchev–Trinajstić information content (AvgIpc) is 3.17. The molecule has 7 nitrogen and oxygen atoms in total. The van der Waals surface area contributed by atoms with Gasteiger partial charge in [-0.2, -0.15) is 9.97 Å². The molecular weight excluding hydrogens is 457 g/mol. The molecule has 0 saturated carbocycles. The van der Waals surface area contributed by atoms with Crippen LogP contribution in [0.4, 0.5) is 10.2 Å². The lowest BCUT2D eigenvalue weighted by molar-refractivity contribution is 0.238. The van der Waals surface area contributed by atoms with Gasteiger partial charge in [-0.1, -0.05) is 41.9 Å². The SMILES string of the molecule is COc1nc2c3c(nc(-c4cccc5cccc(Cl)c45)c(F)c3n1)OCC1C3CCC(CN21)N3. The maximum atomic E-state index is 16.2. The van der Waals surface area contributed by atoms with E-state index < -0.39 is 5.82 Å². The number of piperazine rings is 1. The number of hydrogen-bond acceptors (Lipinski definition) is 7. The number of fused-ring (bicyclic) bond motifs is 6. The molecule has 9 heteroatoms. The third-order valence-electron chi connectivity index (χ3n) is 7.22. The van der Waals surface area contributed by atoms with Crippen molar-refractivity contribution in [1.82, 2.24) is 20.3 Å². The minimum absolute atomic E-state index is 0.0641. The van der Waals surface area contributed by atoms with Gasteiger partial charge in [0.1, 0.15) is 29.0 Å². The first kappa shape index (κ1) is 20.2. The predicted molar refractivity (Wildman–Crippen MR) is 128 cm³/mol. The number of aromatic nitrogens is 3. The van der Waals surface area contributed by atoms with Crippen LogP contribution < -0.4 is 19.7 Å². The Bertz CT molecular complexity index is 1480. The standard InChI is InChI=1S/C25H21ClFN5O2/c1-33-25-30-22-19-23(31-25)32-10-13-8-9-16(28-13)17(32)11-34-24(19)29-21(20(22)27)14-6-2-4-12-5-3-7-15(26)18(12)14/h2-7,13,16-17,28H,8-11H2,1H3. The molecule has 172 valence electrons. The van der Waals surface area contributed by atoms with Crippen molar-refractivity contribution in [1.29, 1.82) is 0 Å². The first-order valence-electron chi connectivity index (χ1n) is 11.4. The maximum Gasteiger partial charge on any atom is 0.318 e. The van der Waals surface area contributed by atoms with Crippen LogP contribution in [0.3, 0.4) is 0 Å². The molecule has 2 saturated heterocycles. The normalized spacial score (nSPS) is 23.0. The third kappa shape index (κ3) is 2.82. The number of rotatable bonds is 2. The minimum Gasteiger partial charge on any atom is -0.475 e.